The second kappa shape index (κ2) is 9.39. The van der Waals surface area contributed by atoms with Crippen LogP contribution in [0.5, 0.6) is 0 Å². The number of aromatic nitrogens is 2. The molecular weight excluding hydrogens is 389 g/mol. The molecule has 1 aromatic heterocycles. The first kappa shape index (κ1) is 20.5. The number of benzene rings is 3. The van der Waals surface area contributed by atoms with Gasteiger partial charge in [-0.15, -0.1) is 0 Å². The molecule has 0 aliphatic heterocycles. The Bertz CT molecular complexity index is 1170. The van der Waals surface area contributed by atoms with Crippen molar-refractivity contribution < 1.29 is 9.18 Å². The van der Waals surface area contributed by atoms with Gasteiger partial charge in [0.2, 0.25) is 0 Å². The zero-order chi connectivity index (χ0) is 21.6. The Morgan fingerprint density at radius 2 is 1.65 bits per heavy atom. The summed E-state index contributed by atoms with van der Waals surface area (Å²) in [6.45, 7) is 0.569. The second-order valence-corrected chi connectivity index (χ2v) is 7.44. The Morgan fingerprint density at radius 1 is 0.935 bits per heavy atom. The van der Waals surface area contributed by atoms with E-state index in [1.165, 1.54) is 6.07 Å². The molecule has 31 heavy (non-hydrogen) atoms. The van der Waals surface area contributed by atoms with Crippen molar-refractivity contribution in [2.75, 3.05) is 6.54 Å². The highest BCUT2D eigenvalue weighted by atomic mass is 19.1. The van der Waals surface area contributed by atoms with Crippen molar-refractivity contribution in [1.82, 2.24) is 15.1 Å². The first-order valence-electron chi connectivity index (χ1n) is 10.3. The van der Waals surface area contributed by atoms with Crippen LogP contribution in [0.4, 0.5) is 4.39 Å². The molecule has 0 saturated carbocycles. The molecule has 0 unspecified atom stereocenters. The van der Waals surface area contributed by atoms with Crippen LogP contribution in [-0.2, 0) is 13.5 Å². The van der Waals surface area contributed by atoms with Crippen molar-refractivity contribution in [3.63, 3.8) is 0 Å². The predicted molar refractivity (Wildman–Crippen MR) is 121 cm³/mol. The number of aryl methyl sites for hydroxylation is 2. The normalized spacial score (nSPS) is 10.8. The lowest BCUT2D eigenvalue weighted by Gasteiger charge is -2.07. The van der Waals surface area contributed by atoms with E-state index in [0.717, 1.165) is 35.2 Å². The van der Waals surface area contributed by atoms with Crippen LogP contribution >= 0.6 is 0 Å². The summed E-state index contributed by atoms with van der Waals surface area (Å²) in [6.07, 6.45) is 1.65. The van der Waals surface area contributed by atoms with Crippen LogP contribution in [0.3, 0.4) is 0 Å². The molecular formula is C26H24FN3O. The lowest BCUT2D eigenvalue weighted by molar-refractivity contribution is 0.0944. The van der Waals surface area contributed by atoms with Crippen LogP contribution in [0, 0.1) is 5.82 Å². The summed E-state index contributed by atoms with van der Waals surface area (Å²) < 4.78 is 15.5. The van der Waals surface area contributed by atoms with E-state index in [9.17, 15) is 9.18 Å². The minimum atomic E-state index is -0.219. The van der Waals surface area contributed by atoms with Gasteiger partial charge < -0.3 is 5.32 Å². The molecule has 3 aromatic carbocycles. The van der Waals surface area contributed by atoms with Crippen molar-refractivity contribution in [3.8, 4) is 22.4 Å². The van der Waals surface area contributed by atoms with E-state index in [1.807, 2.05) is 66.7 Å². The fraction of sp³-hybridized carbons (Fsp3) is 0.154. The molecule has 0 spiro atoms. The van der Waals surface area contributed by atoms with E-state index in [2.05, 4.69) is 10.4 Å². The zero-order valence-electron chi connectivity index (χ0n) is 17.4. The molecule has 1 amide bonds. The van der Waals surface area contributed by atoms with Gasteiger partial charge in [-0.05, 0) is 36.1 Å². The number of carbonyl (C=O) groups excluding carboxylic acids is 1. The summed E-state index contributed by atoms with van der Waals surface area (Å²) in [5, 5.41) is 7.42. The number of halogens is 1. The van der Waals surface area contributed by atoms with Gasteiger partial charge in [-0.25, -0.2) is 4.39 Å². The van der Waals surface area contributed by atoms with E-state index in [-0.39, 0.29) is 11.7 Å². The quantitative estimate of drug-likeness (QED) is 0.420. The van der Waals surface area contributed by atoms with Crippen LogP contribution in [0.2, 0.25) is 0 Å². The van der Waals surface area contributed by atoms with E-state index in [0.29, 0.717) is 17.8 Å². The summed E-state index contributed by atoms with van der Waals surface area (Å²) in [5.41, 5.74) is 4.92. The number of amides is 1. The van der Waals surface area contributed by atoms with Crippen molar-refractivity contribution >= 4 is 5.91 Å². The fourth-order valence-corrected chi connectivity index (χ4v) is 3.56. The first-order chi connectivity index (χ1) is 15.1. The third-order valence-electron chi connectivity index (χ3n) is 5.25. The number of nitrogens with one attached hydrogen (secondary N) is 1. The highest BCUT2D eigenvalue weighted by molar-refractivity contribution is 5.93. The Labute approximate surface area is 181 Å². The molecule has 5 heteroatoms. The molecule has 0 atom stereocenters. The molecule has 1 heterocycles. The predicted octanol–water partition coefficient (Wildman–Crippen LogP) is 5.26. The lowest BCUT2D eigenvalue weighted by Crippen LogP contribution is -2.26. The van der Waals surface area contributed by atoms with Gasteiger partial charge in [-0.1, -0.05) is 72.8 Å². The summed E-state index contributed by atoms with van der Waals surface area (Å²) >= 11 is 0. The molecule has 0 bridgehead atoms. The van der Waals surface area contributed by atoms with E-state index in [1.54, 1.807) is 23.9 Å². The Balaban J connectivity index is 1.30. The van der Waals surface area contributed by atoms with Gasteiger partial charge in [0.1, 0.15) is 11.5 Å². The molecule has 4 nitrogen and oxygen atoms in total. The Morgan fingerprint density at radius 3 is 2.39 bits per heavy atom. The van der Waals surface area contributed by atoms with Crippen LogP contribution in [0.25, 0.3) is 22.4 Å². The number of hydrogen-bond acceptors (Lipinski definition) is 2. The number of rotatable bonds is 7. The maximum Gasteiger partial charge on any atom is 0.269 e. The first-order valence-corrected chi connectivity index (χ1v) is 10.3. The molecule has 4 aromatic rings. The maximum atomic E-state index is 13.9. The second-order valence-electron chi connectivity index (χ2n) is 7.44. The summed E-state index contributed by atoms with van der Waals surface area (Å²) in [4.78, 5) is 12.5. The molecule has 0 saturated heterocycles. The Hall–Kier alpha value is -3.73. The van der Waals surface area contributed by atoms with Crippen LogP contribution in [0.15, 0.2) is 84.9 Å². The third-order valence-corrected chi connectivity index (χ3v) is 5.25. The summed E-state index contributed by atoms with van der Waals surface area (Å²) in [5.74, 6) is -0.351. The molecule has 0 aliphatic carbocycles. The van der Waals surface area contributed by atoms with Crippen LogP contribution < -0.4 is 5.32 Å². The van der Waals surface area contributed by atoms with Gasteiger partial charge in [-0.2, -0.15) is 5.10 Å². The van der Waals surface area contributed by atoms with Gasteiger partial charge in [0.15, 0.2) is 0 Å². The smallest absolute Gasteiger partial charge is 0.269 e. The van der Waals surface area contributed by atoms with Gasteiger partial charge in [-0.3, -0.25) is 9.48 Å². The average molecular weight is 413 g/mol. The largest absolute Gasteiger partial charge is 0.351 e. The standard InChI is InChI=1S/C26H24FN3O/c1-30-25(18-24(29-30)21-9-3-2-4-10-21)26(31)28-17-7-8-19-13-15-20(16-14-19)22-11-5-6-12-23(22)27/h2-6,9-16,18H,7-8,17H2,1H3,(H,28,31). The van der Waals surface area contributed by atoms with Crippen LogP contribution in [-0.4, -0.2) is 22.2 Å². The summed E-state index contributed by atoms with van der Waals surface area (Å²) in [6, 6.07) is 26.3. The third kappa shape index (κ3) is 4.89. The monoisotopic (exact) mass is 413 g/mol. The van der Waals surface area contributed by atoms with Crippen LogP contribution in [0.1, 0.15) is 22.5 Å². The minimum absolute atomic E-state index is 0.132. The van der Waals surface area contributed by atoms with E-state index < -0.39 is 0 Å². The van der Waals surface area contributed by atoms with Gasteiger partial charge >= 0.3 is 0 Å². The molecule has 0 radical (unpaired) electrons. The van der Waals surface area contributed by atoms with Gasteiger partial charge in [0.25, 0.3) is 5.91 Å². The van der Waals surface area contributed by atoms with Crippen molar-refractivity contribution in [2.45, 2.75) is 12.8 Å². The lowest BCUT2D eigenvalue weighted by atomic mass is 10.0. The fourth-order valence-electron chi connectivity index (χ4n) is 3.56. The van der Waals surface area contributed by atoms with E-state index in [4.69, 9.17) is 0 Å². The SMILES string of the molecule is Cn1nc(-c2ccccc2)cc1C(=O)NCCCc1ccc(-c2ccccc2F)cc1. The van der Waals surface area contributed by atoms with Crippen molar-refractivity contribution in [3.05, 3.63) is 102 Å². The zero-order valence-corrected chi connectivity index (χ0v) is 17.4. The number of nitrogens with zero attached hydrogens (tertiary/aromatic N) is 2. The van der Waals surface area contributed by atoms with Crippen molar-refractivity contribution in [1.29, 1.82) is 0 Å². The highest BCUT2D eigenvalue weighted by Crippen LogP contribution is 2.23. The number of hydrogen-bond donors (Lipinski definition) is 1. The van der Waals surface area contributed by atoms with Gasteiger partial charge in [0.05, 0.1) is 5.69 Å². The molecule has 0 fully saturated rings. The highest BCUT2D eigenvalue weighted by Gasteiger charge is 2.13. The Kier molecular flexibility index (Phi) is 6.22. The maximum absolute atomic E-state index is 13.9. The average Bonchev–Trinajstić information content (AvgIpc) is 3.20. The molecule has 1 N–H and O–H groups in total. The van der Waals surface area contributed by atoms with E-state index >= 15 is 0 Å². The summed E-state index contributed by atoms with van der Waals surface area (Å²) in [7, 11) is 1.78. The number of carbonyl (C=O) groups is 1. The minimum Gasteiger partial charge on any atom is -0.351 e. The molecule has 0 aliphatic rings. The van der Waals surface area contributed by atoms with Gasteiger partial charge in [0, 0.05) is 24.7 Å². The molecule has 4 rings (SSSR count). The topological polar surface area (TPSA) is 46.9 Å². The molecule has 156 valence electrons. The van der Waals surface area contributed by atoms with Crippen molar-refractivity contribution in [2.24, 2.45) is 7.05 Å².